The lowest BCUT2D eigenvalue weighted by atomic mass is 9.79. The molecule has 6 rings (SSSR count). The van der Waals surface area contributed by atoms with Gasteiger partial charge in [0.2, 0.25) is 0 Å². The zero-order valence-corrected chi connectivity index (χ0v) is 24.9. The van der Waals surface area contributed by atoms with Crippen molar-refractivity contribution in [2.75, 3.05) is 6.61 Å². The molecular formula is C40H40O. The molecule has 0 saturated carbocycles. The van der Waals surface area contributed by atoms with E-state index in [9.17, 15) is 0 Å². The van der Waals surface area contributed by atoms with E-state index in [0.717, 1.165) is 42.7 Å². The van der Waals surface area contributed by atoms with Gasteiger partial charge in [0, 0.05) is 11.1 Å². The highest BCUT2D eigenvalue weighted by Crippen LogP contribution is 2.40. The average Bonchev–Trinajstić information content (AvgIpc) is 2.98. The van der Waals surface area contributed by atoms with Gasteiger partial charge in [-0.2, -0.15) is 0 Å². The molecule has 0 bridgehead atoms. The summed E-state index contributed by atoms with van der Waals surface area (Å²) < 4.78 is 5.91. The van der Waals surface area contributed by atoms with Gasteiger partial charge in [-0.25, -0.2) is 0 Å². The van der Waals surface area contributed by atoms with Crippen LogP contribution in [-0.4, -0.2) is 6.61 Å². The van der Waals surface area contributed by atoms with Crippen LogP contribution >= 0.6 is 0 Å². The van der Waals surface area contributed by atoms with E-state index in [1.807, 2.05) is 12.1 Å². The van der Waals surface area contributed by atoms with Gasteiger partial charge in [-0.1, -0.05) is 107 Å². The summed E-state index contributed by atoms with van der Waals surface area (Å²) in [7, 11) is 0. The summed E-state index contributed by atoms with van der Waals surface area (Å²) in [6.45, 7) is 9.93. The minimum absolute atomic E-state index is 0.151. The molecule has 206 valence electrons. The van der Waals surface area contributed by atoms with Crippen LogP contribution in [0.4, 0.5) is 0 Å². The molecule has 5 aromatic rings. The van der Waals surface area contributed by atoms with Crippen molar-refractivity contribution >= 4 is 21.5 Å². The molecule has 0 atom stereocenters. The van der Waals surface area contributed by atoms with E-state index in [1.165, 1.54) is 68.6 Å². The van der Waals surface area contributed by atoms with Gasteiger partial charge in [0.25, 0.3) is 0 Å². The number of ether oxygens (including phenoxy) is 1. The smallest absolute Gasteiger partial charge is 0.119 e. The molecule has 0 amide bonds. The molecule has 0 aromatic heterocycles. The Morgan fingerprint density at radius 3 is 2.15 bits per heavy atom. The second-order valence-corrected chi connectivity index (χ2v) is 12.5. The molecule has 0 fully saturated rings. The molecule has 0 N–H and O–H groups in total. The second kappa shape index (κ2) is 11.5. The first-order valence-corrected chi connectivity index (χ1v) is 15.3. The van der Waals surface area contributed by atoms with E-state index in [-0.39, 0.29) is 5.41 Å². The maximum atomic E-state index is 5.91. The van der Waals surface area contributed by atoms with Crippen molar-refractivity contribution in [1.29, 1.82) is 0 Å². The van der Waals surface area contributed by atoms with Gasteiger partial charge < -0.3 is 4.74 Å². The van der Waals surface area contributed by atoms with Crippen LogP contribution in [0.5, 0.6) is 5.75 Å². The largest absolute Gasteiger partial charge is 0.494 e. The van der Waals surface area contributed by atoms with Crippen LogP contribution in [0, 0.1) is 11.8 Å². The molecule has 0 heterocycles. The number of benzene rings is 5. The molecule has 0 spiro atoms. The fraction of sp³-hybridized carbons (Fsp3) is 0.300. The predicted molar refractivity (Wildman–Crippen MR) is 175 cm³/mol. The van der Waals surface area contributed by atoms with Crippen molar-refractivity contribution in [2.24, 2.45) is 0 Å². The van der Waals surface area contributed by atoms with Crippen molar-refractivity contribution in [3.63, 3.8) is 0 Å². The van der Waals surface area contributed by atoms with Gasteiger partial charge in [-0.15, -0.1) is 0 Å². The van der Waals surface area contributed by atoms with E-state index in [0.29, 0.717) is 0 Å². The van der Waals surface area contributed by atoms with E-state index >= 15 is 0 Å². The van der Waals surface area contributed by atoms with Crippen molar-refractivity contribution in [1.82, 2.24) is 0 Å². The van der Waals surface area contributed by atoms with Gasteiger partial charge in [0.15, 0.2) is 0 Å². The molecular weight excluding hydrogens is 496 g/mol. The van der Waals surface area contributed by atoms with Gasteiger partial charge in [-0.05, 0) is 110 Å². The van der Waals surface area contributed by atoms with Crippen LogP contribution in [0.1, 0.15) is 81.2 Å². The van der Waals surface area contributed by atoms with Crippen LogP contribution in [-0.2, 0) is 18.3 Å². The highest BCUT2D eigenvalue weighted by molar-refractivity contribution is 6.13. The topological polar surface area (TPSA) is 9.23 Å². The maximum absolute atomic E-state index is 5.91. The molecule has 1 heteroatoms. The molecule has 0 aliphatic heterocycles. The summed E-state index contributed by atoms with van der Waals surface area (Å²) in [4.78, 5) is 0. The second-order valence-electron chi connectivity index (χ2n) is 12.5. The van der Waals surface area contributed by atoms with Gasteiger partial charge in [0.05, 0.1) is 6.61 Å². The molecule has 41 heavy (non-hydrogen) atoms. The minimum Gasteiger partial charge on any atom is -0.494 e. The molecule has 1 aliphatic carbocycles. The Morgan fingerprint density at radius 1 is 0.707 bits per heavy atom. The highest BCUT2D eigenvalue weighted by Gasteiger charge is 2.21. The summed E-state index contributed by atoms with van der Waals surface area (Å²) in [5, 5.41) is 5.57. The van der Waals surface area contributed by atoms with Crippen LogP contribution in [0.2, 0.25) is 0 Å². The van der Waals surface area contributed by atoms with E-state index < -0.39 is 0 Å². The first kappa shape index (κ1) is 27.2. The fourth-order valence-corrected chi connectivity index (χ4v) is 6.09. The summed E-state index contributed by atoms with van der Waals surface area (Å²) in [6, 6.07) is 31.0. The normalized spacial score (nSPS) is 12.5. The van der Waals surface area contributed by atoms with Gasteiger partial charge in [0.1, 0.15) is 5.75 Å². The molecule has 0 unspecified atom stereocenters. The third-order valence-corrected chi connectivity index (χ3v) is 8.42. The molecule has 1 nitrogen and oxygen atoms in total. The Hall–Kier alpha value is -4.02. The summed E-state index contributed by atoms with van der Waals surface area (Å²) in [5.41, 5.74) is 9.03. The quantitative estimate of drug-likeness (QED) is 0.114. The summed E-state index contributed by atoms with van der Waals surface area (Å²) in [6.07, 6.45) is 7.03. The maximum Gasteiger partial charge on any atom is 0.119 e. The monoisotopic (exact) mass is 536 g/mol. The minimum atomic E-state index is 0.151. The predicted octanol–water partition coefficient (Wildman–Crippen LogP) is 10.4. The number of hydrogen-bond donors (Lipinski definition) is 0. The van der Waals surface area contributed by atoms with Gasteiger partial charge >= 0.3 is 0 Å². The Bertz CT molecular complexity index is 1770. The van der Waals surface area contributed by atoms with Crippen molar-refractivity contribution < 1.29 is 4.74 Å². The van der Waals surface area contributed by atoms with E-state index in [4.69, 9.17) is 4.74 Å². The van der Waals surface area contributed by atoms with Crippen LogP contribution in [0.15, 0.2) is 84.9 Å². The Kier molecular flexibility index (Phi) is 7.59. The summed E-state index contributed by atoms with van der Waals surface area (Å²) in [5.74, 6) is 7.78. The van der Waals surface area contributed by atoms with Crippen LogP contribution < -0.4 is 4.74 Å². The number of rotatable bonds is 7. The van der Waals surface area contributed by atoms with Crippen molar-refractivity contribution in [3.05, 3.63) is 113 Å². The lowest BCUT2D eigenvalue weighted by Crippen LogP contribution is -2.13. The Morgan fingerprint density at radius 2 is 1.41 bits per heavy atom. The average molecular weight is 537 g/mol. The highest BCUT2D eigenvalue weighted by atomic mass is 16.5. The third-order valence-electron chi connectivity index (χ3n) is 8.42. The molecule has 0 saturated heterocycles. The van der Waals surface area contributed by atoms with Crippen molar-refractivity contribution in [2.45, 2.75) is 71.6 Å². The SMILES string of the molecule is CCCCCCOc1ccc(C#Cc2ccccc2-c2cc3c4c(ccc5cc(C(C)(C)C)cc(c54)CC3)c2)cc1. The lowest BCUT2D eigenvalue weighted by Gasteiger charge is -2.25. The Balaban J connectivity index is 1.30. The van der Waals surface area contributed by atoms with Crippen LogP contribution in [0.3, 0.4) is 0 Å². The van der Waals surface area contributed by atoms with E-state index in [1.54, 1.807) is 0 Å². The molecule has 5 aromatic carbocycles. The number of aryl methyl sites for hydroxylation is 2. The standard InChI is InChI=1S/C40H40O/c1-5-6-7-10-23-41-36-21-14-28(15-22-36)13-16-29-11-8-9-12-37(29)34-24-30-17-19-32-26-35(40(2,3)4)27-33-20-18-31(25-34)38(30)39(32)33/h8-9,11-12,14-15,17,19,21-22,24-27H,5-7,10,18,20,23H2,1-4H3. The summed E-state index contributed by atoms with van der Waals surface area (Å²) >= 11 is 0. The fourth-order valence-electron chi connectivity index (χ4n) is 6.09. The Labute approximate surface area is 245 Å². The zero-order chi connectivity index (χ0) is 28.4. The number of hydrogen-bond acceptors (Lipinski definition) is 1. The van der Waals surface area contributed by atoms with Crippen molar-refractivity contribution in [3.8, 4) is 28.7 Å². The lowest BCUT2D eigenvalue weighted by molar-refractivity contribution is 0.305. The first-order valence-electron chi connectivity index (χ1n) is 15.3. The number of unbranched alkanes of at least 4 members (excludes halogenated alkanes) is 3. The molecule has 0 radical (unpaired) electrons. The first-order chi connectivity index (χ1) is 19.9. The molecule has 1 aliphatic rings. The van der Waals surface area contributed by atoms with Gasteiger partial charge in [-0.3, -0.25) is 0 Å². The van der Waals surface area contributed by atoms with Crippen LogP contribution in [0.25, 0.3) is 32.7 Å². The third kappa shape index (κ3) is 5.75. The van der Waals surface area contributed by atoms with E-state index in [2.05, 4.69) is 112 Å². The zero-order valence-electron chi connectivity index (χ0n) is 24.9.